The Bertz CT molecular complexity index is 910. The largest absolute Gasteiger partial charge is 0.460 e. The van der Waals surface area contributed by atoms with Gasteiger partial charge >= 0.3 is 47.0 Å². The Morgan fingerprint density at radius 3 is 1.31 bits per heavy atom. The lowest BCUT2D eigenvalue weighted by Crippen LogP contribution is -2.75. The van der Waals surface area contributed by atoms with Gasteiger partial charge in [0.25, 0.3) is 10.0 Å². The number of alkyl halides is 17. The average Bonchev–Trinajstić information content (AvgIpc) is 3.49. The van der Waals surface area contributed by atoms with Crippen LogP contribution in [0, 0.1) is 0 Å². The fourth-order valence-electron chi connectivity index (χ4n) is 2.43. The number of rotatable bonds is 12. The molecule has 1 aliphatic rings. The van der Waals surface area contributed by atoms with Gasteiger partial charge in [-0.3, -0.25) is 0 Å². The number of hydrogen-bond donors (Lipinski definition) is 0. The second kappa shape index (κ2) is 8.87. The summed E-state index contributed by atoms with van der Waals surface area (Å²) in [4.78, 5) is 0. The van der Waals surface area contributed by atoms with Crippen LogP contribution >= 0.6 is 0 Å². The Morgan fingerprint density at radius 1 is 0.667 bits per heavy atom. The van der Waals surface area contributed by atoms with Crippen LogP contribution in [0.2, 0.25) is 0 Å². The normalized spacial score (nSPS) is 19.7. The first-order chi connectivity index (χ1) is 15.5. The summed E-state index contributed by atoms with van der Waals surface area (Å²) in [5.41, 5.74) is 0. The second-order valence-electron chi connectivity index (χ2n) is 7.28. The predicted octanol–water partition coefficient (Wildman–Crippen LogP) is 5.39. The Morgan fingerprint density at radius 2 is 1.00 bits per heavy atom. The molecule has 216 valence electrons. The zero-order valence-corrected chi connectivity index (χ0v) is 17.7. The highest BCUT2D eigenvalue weighted by Gasteiger charge is 2.96. The highest BCUT2D eigenvalue weighted by Crippen LogP contribution is 2.64. The zero-order valence-electron chi connectivity index (χ0n) is 16.9. The number of nitrogens with zero attached hydrogens (tertiary/aromatic N) is 1. The molecule has 1 unspecified atom stereocenters. The van der Waals surface area contributed by atoms with Gasteiger partial charge in [0.15, 0.2) is 0 Å². The highest BCUT2D eigenvalue weighted by atomic mass is 32.2. The number of hydrogen-bond acceptors (Lipinski definition) is 3. The molecular weight excluding hydrogens is 585 g/mol. The molecule has 0 aromatic carbocycles. The summed E-state index contributed by atoms with van der Waals surface area (Å²) in [7, 11) is -7.26. The fourth-order valence-corrected chi connectivity index (χ4v) is 4.00. The van der Waals surface area contributed by atoms with Gasteiger partial charge in [-0.05, 0) is 6.42 Å². The molecule has 1 rings (SSSR count). The first kappa shape index (κ1) is 32.7. The minimum Gasteiger partial charge on any atom is -0.372 e. The maximum absolute atomic E-state index is 14.2. The molecule has 36 heavy (non-hydrogen) atoms. The van der Waals surface area contributed by atoms with Crippen LogP contribution < -0.4 is 0 Å². The maximum atomic E-state index is 14.2. The van der Waals surface area contributed by atoms with Gasteiger partial charge in [0.2, 0.25) is 0 Å². The quantitative estimate of drug-likeness (QED) is 0.224. The van der Waals surface area contributed by atoms with Crippen molar-refractivity contribution in [2.45, 2.75) is 66.4 Å². The van der Waals surface area contributed by atoms with E-state index in [1.54, 1.807) is 0 Å². The molecule has 0 amide bonds. The van der Waals surface area contributed by atoms with Crippen molar-refractivity contribution in [3.8, 4) is 0 Å². The van der Waals surface area contributed by atoms with Crippen molar-refractivity contribution in [3.63, 3.8) is 0 Å². The molecule has 22 heteroatoms. The summed E-state index contributed by atoms with van der Waals surface area (Å²) < 4.78 is 254. The molecule has 1 fully saturated rings. The van der Waals surface area contributed by atoms with Crippen molar-refractivity contribution in [1.82, 2.24) is 4.31 Å². The van der Waals surface area contributed by atoms with E-state index < -0.39 is 86.9 Å². The topological polar surface area (TPSA) is 49.9 Å². The van der Waals surface area contributed by atoms with Crippen molar-refractivity contribution < 1.29 is 87.8 Å². The Kier molecular flexibility index (Phi) is 8.06. The van der Waals surface area contributed by atoms with Crippen molar-refractivity contribution in [1.29, 1.82) is 0 Å². The third-order valence-corrected chi connectivity index (χ3v) is 6.56. The van der Waals surface area contributed by atoms with Crippen LogP contribution in [0.3, 0.4) is 0 Å². The van der Waals surface area contributed by atoms with E-state index >= 15 is 0 Å². The number of halogens is 17. The van der Waals surface area contributed by atoms with Gasteiger partial charge in [-0.2, -0.15) is 78.9 Å². The highest BCUT2D eigenvalue weighted by molar-refractivity contribution is 7.90. The van der Waals surface area contributed by atoms with Crippen LogP contribution in [-0.4, -0.2) is 85.5 Å². The molecule has 1 aliphatic heterocycles. The summed E-state index contributed by atoms with van der Waals surface area (Å²) in [5, 5.41) is -7.53. The lowest BCUT2D eigenvalue weighted by atomic mass is 9.91. The van der Waals surface area contributed by atoms with Crippen molar-refractivity contribution in [2.24, 2.45) is 0 Å². The van der Waals surface area contributed by atoms with E-state index in [0.717, 1.165) is 6.92 Å². The monoisotopic (exact) mass is 597 g/mol. The Labute approximate surface area is 189 Å². The van der Waals surface area contributed by atoms with Gasteiger partial charge < -0.3 is 4.74 Å². The summed E-state index contributed by atoms with van der Waals surface area (Å²) in [5.74, 6) is -51.6. The standard InChI is InChI=1S/C14H12F17NO3S/c1-2-3-32(4-6-5-35-6)36(33,34)14(30,31)12(25,26)10(21,22)8(17,18)7(15,16)9(19,20)11(23,24)13(27,28)29/h6H,2-5H2,1H3. The van der Waals surface area contributed by atoms with Crippen LogP contribution in [0.4, 0.5) is 74.6 Å². The van der Waals surface area contributed by atoms with E-state index in [9.17, 15) is 83.1 Å². The molecule has 1 saturated heterocycles. The van der Waals surface area contributed by atoms with E-state index in [2.05, 4.69) is 4.74 Å². The lowest BCUT2D eigenvalue weighted by molar-refractivity contribution is -0.458. The van der Waals surface area contributed by atoms with E-state index in [0.29, 0.717) is 0 Å². The van der Waals surface area contributed by atoms with Crippen LogP contribution in [0.25, 0.3) is 0 Å². The van der Waals surface area contributed by atoms with Crippen LogP contribution in [0.5, 0.6) is 0 Å². The molecule has 1 heterocycles. The van der Waals surface area contributed by atoms with Crippen molar-refractivity contribution in [2.75, 3.05) is 19.7 Å². The van der Waals surface area contributed by atoms with Crippen LogP contribution in [0.15, 0.2) is 0 Å². The molecule has 0 aromatic rings. The molecule has 0 aromatic heterocycles. The smallest absolute Gasteiger partial charge is 0.372 e. The van der Waals surface area contributed by atoms with Gasteiger partial charge in [-0.25, -0.2) is 8.42 Å². The van der Waals surface area contributed by atoms with Gasteiger partial charge in [0.1, 0.15) is 0 Å². The number of sulfonamides is 1. The fraction of sp³-hybridized carbons (Fsp3) is 1.00. The first-order valence-electron chi connectivity index (χ1n) is 8.86. The van der Waals surface area contributed by atoms with Crippen LogP contribution in [-0.2, 0) is 14.8 Å². The molecule has 0 N–H and O–H groups in total. The maximum Gasteiger partial charge on any atom is 0.460 e. The minimum absolute atomic E-state index is 0.388. The third-order valence-electron chi connectivity index (χ3n) is 4.64. The molecule has 0 bridgehead atoms. The van der Waals surface area contributed by atoms with Crippen molar-refractivity contribution >= 4 is 10.0 Å². The SMILES string of the molecule is CCCN(CC1CO1)S(=O)(=O)C(F)(F)C(F)(F)C(F)(F)C(F)(F)C(F)(F)C(F)(F)C(F)(F)C(F)(F)F. The van der Waals surface area contributed by atoms with Gasteiger partial charge in [-0.15, -0.1) is 0 Å². The first-order valence-corrected chi connectivity index (χ1v) is 10.3. The lowest BCUT2D eigenvalue weighted by Gasteiger charge is -2.43. The minimum atomic E-state index is -8.84. The summed E-state index contributed by atoms with van der Waals surface area (Å²) >= 11 is 0. The molecule has 0 saturated carbocycles. The molecule has 1 atom stereocenters. The molecular formula is C14H12F17NO3S. The summed E-state index contributed by atoms with van der Waals surface area (Å²) in [6.45, 7) is -1.88. The predicted molar refractivity (Wildman–Crippen MR) is 81.2 cm³/mol. The van der Waals surface area contributed by atoms with Crippen LogP contribution in [0.1, 0.15) is 13.3 Å². The van der Waals surface area contributed by atoms with Crippen molar-refractivity contribution in [3.05, 3.63) is 0 Å². The van der Waals surface area contributed by atoms with E-state index in [1.807, 2.05) is 0 Å². The van der Waals surface area contributed by atoms with Gasteiger partial charge in [0.05, 0.1) is 12.7 Å². The van der Waals surface area contributed by atoms with E-state index in [1.165, 1.54) is 0 Å². The Hall–Kier alpha value is -1.32. The van der Waals surface area contributed by atoms with Gasteiger partial charge in [-0.1, -0.05) is 6.92 Å². The van der Waals surface area contributed by atoms with E-state index in [-0.39, 0.29) is 6.61 Å². The number of ether oxygens (including phenoxy) is 1. The van der Waals surface area contributed by atoms with E-state index in [4.69, 9.17) is 0 Å². The summed E-state index contributed by atoms with van der Waals surface area (Å²) in [6, 6.07) is 0. The molecule has 0 radical (unpaired) electrons. The molecule has 0 spiro atoms. The zero-order chi connectivity index (χ0) is 29.2. The Balaban J connectivity index is 3.69. The molecule has 4 nitrogen and oxygen atoms in total. The van der Waals surface area contributed by atoms with Gasteiger partial charge in [0, 0.05) is 13.1 Å². The third kappa shape index (κ3) is 4.37. The number of epoxide rings is 1. The summed E-state index contributed by atoms with van der Waals surface area (Å²) in [6.07, 6.45) is -9.69. The molecule has 0 aliphatic carbocycles. The average molecular weight is 597 g/mol. The second-order valence-corrected chi connectivity index (χ2v) is 9.26.